The summed E-state index contributed by atoms with van der Waals surface area (Å²) in [5.74, 6) is -5.17. The molecule has 2 aromatic rings. The maximum Gasteiger partial charge on any atom is 0.461 e. The smallest absolute Gasteiger partial charge is 0.187 e. The van der Waals surface area contributed by atoms with Gasteiger partial charge in [0.25, 0.3) is 5.82 Å². The summed E-state index contributed by atoms with van der Waals surface area (Å²) in [4.78, 5) is 2.03. The second-order valence-corrected chi connectivity index (χ2v) is 4.59. The third-order valence-electron chi connectivity index (χ3n) is 2.61. The lowest BCUT2D eigenvalue weighted by atomic mass is 10.3. The van der Waals surface area contributed by atoms with E-state index in [2.05, 4.69) is 30.8 Å². The molecule has 0 radical (unpaired) electrons. The lowest BCUT2D eigenvalue weighted by molar-refractivity contribution is -0.292. The second kappa shape index (κ2) is 5.53. The number of alkyl halides is 5. The summed E-state index contributed by atoms with van der Waals surface area (Å²) in [5.41, 5.74) is 0. The molecule has 0 saturated heterocycles. The van der Waals surface area contributed by atoms with E-state index in [9.17, 15) is 22.0 Å². The summed E-state index contributed by atoms with van der Waals surface area (Å²) in [6, 6.07) is 0. The van der Waals surface area contributed by atoms with Crippen molar-refractivity contribution in [2.45, 2.75) is 30.9 Å². The highest BCUT2D eigenvalue weighted by Gasteiger charge is 2.62. The number of tetrazole rings is 2. The molecule has 1 aliphatic carbocycles. The second-order valence-electron chi connectivity index (χ2n) is 4.59. The highest BCUT2D eigenvalue weighted by atomic mass is 19.4. The number of aryl methyl sites for hydroxylation is 2. The number of halogens is 5. The first-order valence-electron chi connectivity index (χ1n) is 6.04. The fraction of sp³-hybridized carbons (Fsp3) is 0.778. The quantitative estimate of drug-likeness (QED) is 0.764. The number of nitrogens with zero attached hydrogens (tertiary/aromatic N) is 8. The van der Waals surface area contributed by atoms with Crippen molar-refractivity contribution in [1.29, 1.82) is 0 Å². The van der Waals surface area contributed by atoms with Gasteiger partial charge in [-0.1, -0.05) is 0 Å². The van der Waals surface area contributed by atoms with Gasteiger partial charge >= 0.3 is 12.1 Å². The highest BCUT2D eigenvalue weighted by Crippen LogP contribution is 2.41. The van der Waals surface area contributed by atoms with Crippen LogP contribution in [0.3, 0.4) is 0 Å². The molecule has 2 aromatic heterocycles. The molecule has 22 heavy (non-hydrogen) atoms. The molecular formula is C9H11F5N8. The predicted molar refractivity (Wildman–Crippen MR) is 59.5 cm³/mol. The first kappa shape index (κ1) is 16.2. The average Bonchev–Trinajstić information content (AvgIpc) is 3.01. The monoisotopic (exact) mass is 326 g/mol. The third-order valence-corrected chi connectivity index (χ3v) is 2.61. The van der Waals surface area contributed by atoms with Crippen LogP contribution in [0, 0.1) is 0 Å². The van der Waals surface area contributed by atoms with Crippen molar-refractivity contribution in [2.24, 2.45) is 14.1 Å². The number of aromatic nitrogens is 8. The van der Waals surface area contributed by atoms with E-state index in [-0.39, 0.29) is 0 Å². The summed E-state index contributed by atoms with van der Waals surface area (Å²) in [6.07, 6.45) is -3.21. The van der Waals surface area contributed by atoms with E-state index in [1.54, 1.807) is 7.05 Å². The van der Waals surface area contributed by atoms with E-state index in [1.165, 1.54) is 17.6 Å². The van der Waals surface area contributed by atoms with Crippen LogP contribution in [-0.2, 0) is 20.0 Å². The van der Waals surface area contributed by atoms with Crippen molar-refractivity contribution in [3.63, 3.8) is 0 Å². The minimum absolute atomic E-state index is 0.523. The van der Waals surface area contributed by atoms with Crippen molar-refractivity contribution < 1.29 is 22.0 Å². The molecule has 2 heterocycles. The van der Waals surface area contributed by atoms with E-state index in [1.807, 2.05) is 0 Å². The molecule has 1 saturated carbocycles. The van der Waals surface area contributed by atoms with Crippen LogP contribution < -0.4 is 0 Å². The van der Waals surface area contributed by atoms with Crippen LogP contribution in [0.4, 0.5) is 22.0 Å². The molecule has 0 atom stereocenters. The van der Waals surface area contributed by atoms with Gasteiger partial charge in [-0.05, 0) is 23.3 Å². The number of hydrogen-bond donors (Lipinski definition) is 0. The molecule has 3 rings (SSSR count). The van der Waals surface area contributed by atoms with E-state index in [0.717, 1.165) is 12.9 Å². The lowest BCUT2D eigenvalue weighted by Crippen LogP contribution is -2.34. The molecule has 1 aliphatic rings. The van der Waals surface area contributed by atoms with Gasteiger partial charge in [-0.3, -0.25) is 0 Å². The molecule has 0 spiro atoms. The Morgan fingerprint density at radius 1 is 0.909 bits per heavy atom. The van der Waals surface area contributed by atoms with Crippen LogP contribution in [0.5, 0.6) is 0 Å². The fourth-order valence-electron chi connectivity index (χ4n) is 1.34. The van der Waals surface area contributed by atoms with Crippen LogP contribution in [0.1, 0.15) is 30.4 Å². The van der Waals surface area contributed by atoms with Gasteiger partial charge < -0.3 is 0 Å². The zero-order chi connectivity index (χ0) is 16.5. The van der Waals surface area contributed by atoms with Crippen molar-refractivity contribution in [3.05, 3.63) is 11.6 Å². The maximum absolute atomic E-state index is 12.4. The van der Waals surface area contributed by atoms with Gasteiger partial charge in [-0.2, -0.15) is 31.5 Å². The van der Waals surface area contributed by atoms with Gasteiger partial charge in [-0.15, -0.1) is 20.4 Å². The van der Waals surface area contributed by atoms with E-state index in [0.29, 0.717) is 10.7 Å². The molecule has 0 unspecified atom stereocenters. The predicted octanol–water partition coefficient (Wildman–Crippen LogP) is 0.952. The van der Waals surface area contributed by atoms with Crippen LogP contribution in [-0.4, -0.2) is 46.6 Å². The Balaban J connectivity index is 0.000000170. The molecule has 8 nitrogen and oxygen atoms in total. The van der Waals surface area contributed by atoms with Gasteiger partial charge in [0.2, 0.25) is 0 Å². The largest absolute Gasteiger partial charge is 0.461 e. The molecule has 1 fully saturated rings. The summed E-state index contributed by atoms with van der Waals surface area (Å²) in [7, 11) is 2.88. The Morgan fingerprint density at radius 3 is 1.82 bits per heavy atom. The first-order chi connectivity index (χ1) is 10.1. The standard InChI is InChI=1S/C5H8N4.C4H3F5N4/c1-9-7-5(6-8-9)4-2-3-4;1-13-11-2(10-12-13)3(5,6)4(7,8)9/h4H,2-3H2,1H3;1H3. The van der Waals surface area contributed by atoms with Crippen molar-refractivity contribution >= 4 is 0 Å². The van der Waals surface area contributed by atoms with Crippen LogP contribution in [0.25, 0.3) is 0 Å². The van der Waals surface area contributed by atoms with E-state index in [4.69, 9.17) is 0 Å². The third kappa shape index (κ3) is 3.51. The average molecular weight is 326 g/mol. The zero-order valence-corrected chi connectivity index (χ0v) is 11.5. The Morgan fingerprint density at radius 2 is 1.45 bits per heavy atom. The van der Waals surface area contributed by atoms with Crippen molar-refractivity contribution in [2.75, 3.05) is 0 Å². The van der Waals surface area contributed by atoms with E-state index < -0.39 is 17.9 Å². The normalized spacial score (nSPS) is 15.4. The van der Waals surface area contributed by atoms with Gasteiger partial charge in [0, 0.05) is 5.92 Å². The SMILES string of the molecule is Cn1nnc(C(F)(F)C(F)(F)F)n1.Cn1nnc(C2CC2)n1. The van der Waals surface area contributed by atoms with Crippen LogP contribution in [0.15, 0.2) is 0 Å². The molecule has 122 valence electrons. The zero-order valence-electron chi connectivity index (χ0n) is 11.5. The maximum atomic E-state index is 12.4. The van der Waals surface area contributed by atoms with Crippen molar-refractivity contribution in [1.82, 2.24) is 40.4 Å². The fourth-order valence-corrected chi connectivity index (χ4v) is 1.34. The van der Waals surface area contributed by atoms with Gasteiger partial charge in [0.15, 0.2) is 5.82 Å². The van der Waals surface area contributed by atoms with E-state index >= 15 is 0 Å². The number of rotatable bonds is 2. The molecule has 0 N–H and O–H groups in total. The molecule has 0 aromatic carbocycles. The van der Waals surface area contributed by atoms with Gasteiger partial charge in [0.1, 0.15) is 0 Å². The summed E-state index contributed by atoms with van der Waals surface area (Å²) < 4.78 is 59.7. The number of hydrogen-bond acceptors (Lipinski definition) is 6. The summed E-state index contributed by atoms with van der Waals surface area (Å²) in [6.45, 7) is 0. The molecule has 0 amide bonds. The van der Waals surface area contributed by atoms with Gasteiger partial charge in [0.05, 0.1) is 14.1 Å². The van der Waals surface area contributed by atoms with Crippen LogP contribution in [0.2, 0.25) is 0 Å². The molecule has 13 heteroatoms. The molecular weight excluding hydrogens is 315 g/mol. The topological polar surface area (TPSA) is 87.2 Å². The summed E-state index contributed by atoms with van der Waals surface area (Å²) in [5, 5.41) is 19.9. The van der Waals surface area contributed by atoms with Crippen molar-refractivity contribution in [3.8, 4) is 0 Å². The highest BCUT2D eigenvalue weighted by molar-refractivity contribution is 5.00. The summed E-state index contributed by atoms with van der Waals surface area (Å²) >= 11 is 0. The minimum Gasteiger partial charge on any atom is -0.187 e. The lowest BCUT2D eigenvalue weighted by Gasteiger charge is -2.14. The Hall–Kier alpha value is -2.21. The van der Waals surface area contributed by atoms with Crippen LogP contribution >= 0.6 is 0 Å². The van der Waals surface area contributed by atoms with Gasteiger partial charge in [-0.25, -0.2) is 0 Å². The Bertz CT molecular complexity index is 628. The first-order valence-corrected chi connectivity index (χ1v) is 6.04. The minimum atomic E-state index is -5.70. The molecule has 0 aliphatic heterocycles. The Labute approximate surface area is 120 Å². The Kier molecular flexibility index (Phi) is 4.06. The molecule has 0 bridgehead atoms.